The van der Waals surface area contributed by atoms with Crippen LogP contribution in [0.5, 0.6) is 0 Å². The maximum atomic E-state index is 11.3. The first kappa shape index (κ1) is 10.8. The molecule has 0 aliphatic carbocycles. The molecule has 0 unspecified atom stereocenters. The quantitative estimate of drug-likeness (QED) is 0.637. The Morgan fingerprint density at radius 1 is 1.50 bits per heavy atom. The standard InChI is InChI=1S/C9H15NO4/c1-9(13-6-7-14-9)5-4-8(11)10(2)12-3/h6-7H,4-5H2,1-3H3. The van der Waals surface area contributed by atoms with Gasteiger partial charge < -0.3 is 9.47 Å². The number of amides is 1. The summed E-state index contributed by atoms with van der Waals surface area (Å²) >= 11 is 0. The summed E-state index contributed by atoms with van der Waals surface area (Å²) in [5.41, 5.74) is 0. The van der Waals surface area contributed by atoms with Crippen LogP contribution in [0, 0.1) is 0 Å². The number of hydrogen-bond acceptors (Lipinski definition) is 4. The van der Waals surface area contributed by atoms with Gasteiger partial charge >= 0.3 is 0 Å². The van der Waals surface area contributed by atoms with Crippen molar-refractivity contribution in [1.29, 1.82) is 0 Å². The van der Waals surface area contributed by atoms with Gasteiger partial charge in [-0.2, -0.15) is 0 Å². The fourth-order valence-electron chi connectivity index (χ4n) is 1.08. The molecule has 1 aliphatic rings. The molecule has 0 atom stereocenters. The van der Waals surface area contributed by atoms with E-state index in [4.69, 9.17) is 14.3 Å². The summed E-state index contributed by atoms with van der Waals surface area (Å²) in [5.74, 6) is -0.808. The number of rotatable bonds is 4. The third-order valence-electron chi connectivity index (χ3n) is 2.11. The summed E-state index contributed by atoms with van der Waals surface area (Å²) in [4.78, 5) is 16.1. The van der Waals surface area contributed by atoms with E-state index in [2.05, 4.69) is 0 Å². The first-order valence-electron chi connectivity index (χ1n) is 4.39. The fourth-order valence-corrected chi connectivity index (χ4v) is 1.08. The van der Waals surface area contributed by atoms with Gasteiger partial charge in [-0.1, -0.05) is 0 Å². The lowest BCUT2D eigenvalue weighted by Crippen LogP contribution is -2.30. The Bertz CT molecular complexity index is 231. The highest BCUT2D eigenvalue weighted by atomic mass is 16.7. The molecule has 0 spiro atoms. The Hall–Kier alpha value is -1.23. The van der Waals surface area contributed by atoms with Crippen molar-refractivity contribution in [2.75, 3.05) is 14.2 Å². The van der Waals surface area contributed by atoms with Gasteiger partial charge in [0.25, 0.3) is 0 Å². The smallest absolute Gasteiger partial charge is 0.247 e. The maximum absolute atomic E-state index is 11.3. The lowest BCUT2D eigenvalue weighted by atomic mass is 10.1. The lowest BCUT2D eigenvalue weighted by molar-refractivity contribution is -0.174. The average Bonchev–Trinajstić information content (AvgIpc) is 2.61. The van der Waals surface area contributed by atoms with E-state index >= 15 is 0 Å². The van der Waals surface area contributed by atoms with E-state index in [1.54, 1.807) is 14.0 Å². The molecule has 1 amide bonds. The molecule has 0 fully saturated rings. The van der Waals surface area contributed by atoms with Crippen molar-refractivity contribution >= 4 is 5.91 Å². The third kappa shape index (κ3) is 2.63. The Morgan fingerprint density at radius 3 is 2.57 bits per heavy atom. The van der Waals surface area contributed by atoms with Crippen LogP contribution in [0.2, 0.25) is 0 Å². The topological polar surface area (TPSA) is 48.0 Å². The van der Waals surface area contributed by atoms with Crippen molar-refractivity contribution in [3.8, 4) is 0 Å². The zero-order valence-corrected chi connectivity index (χ0v) is 8.65. The summed E-state index contributed by atoms with van der Waals surface area (Å²) in [7, 11) is 3.02. The molecule has 1 rings (SSSR count). The first-order valence-corrected chi connectivity index (χ1v) is 4.39. The monoisotopic (exact) mass is 201 g/mol. The molecular formula is C9H15NO4. The van der Waals surface area contributed by atoms with Crippen LogP contribution in [-0.2, 0) is 19.1 Å². The highest BCUT2D eigenvalue weighted by molar-refractivity contribution is 5.74. The molecule has 0 aromatic carbocycles. The maximum Gasteiger partial charge on any atom is 0.247 e. The largest absolute Gasteiger partial charge is 0.457 e. The average molecular weight is 201 g/mol. The highest BCUT2D eigenvalue weighted by Gasteiger charge is 2.30. The molecule has 80 valence electrons. The molecule has 14 heavy (non-hydrogen) atoms. The fraction of sp³-hybridized carbons (Fsp3) is 0.667. The number of carbonyl (C=O) groups is 1. The summed E-state index contributed by atoms with van der Waals surface area (Å²) in [6.45, 7) is 1.78. The zero-order chi connectivity index (χ0) is 10.6. The van der Waals surface area contributed by atoms with Gasteiger partial charge in [-0.05, 0) is 0 Å². The van der Waals surface area contributed by atoms with Crippen LogP contribution in [0.1, 0.15) is 19.8 Å². The van der Waals surface area contributed by atoms with Gasteiger partial charge in [0.15, 0.2) is 0 Å². The van der Waals surface area contributed by atoms with Gasteiger partial charge in [0.05, 0.1) is 7.11 Å². The highest BCUT2D eigenvalue weighted by Crippen LogP contribution is 2.24. The molecule has 0 aromatic rings. The van der Waals surface area contributed by atoms with E-state index < -0.39 is 5.79 Å². The van der Waals surface area contributed by atoms with E-state index in [1.807, 2.05) is 0 Å². The summed E-state index contributed by atoms with van der Waals surface area (Å²) in [6, 6.07) is 0. The van der Waals surface area contributed by atoms with E-state index in [1.165, 1.54) is 24.7 Å². The van der Waals surface area contributed by atoms with Crippen LogP contribution in [0.3, 0.4) is 0 Å². The molecule has 1 aliphatic heterocycles. The molecule has 0 N–H and O–H groups in total. The molecule has 5 nitrogen and oxygen atoms in total. The van der Waals surface area contributed by atoms with Crippen LogP contribution < -0.4 is 0 Å². The number of hydroxylamine groups is 2. The number of ether oxygens (including phenoxy) is 2. The summed E-state index contributed by atoms with van der Waals surface area (Å²) in [6.07, 6.45) is 3.77. The first-order chi connectivity index (χ1) is 6.57. The van der Waals surface area contributed by atoms with E-state index in [9.17, 15) is 4.79 Å². The molecule has 0 radical (unpaired) electrons. The van der Waals surface area contributed by atoms with Crippen LogP contribution in [-0.4, -0.2) is 30.9 Å². The number of nitrogens with zero attached hydrogens (tertiary/aromatic N) is 1. The predicted molar refractivity (Wildman–Crippen MR) is 48.7 cm³/mol. The van der Waals surface area contributed by atoms with Crippen molar-refractivity contribution in [2.24, 2.45) is 0 Å². The SMILES string of the molecule is CON(C)C(=O)CCC1(C)OC=CO1. The van der Waals surface area contributed by atoms with E-state index in [0.29, 0.717) is 12.8 Å². The predicted octanol–water partition coefficient (Wildman–Crippen LogP) is 1.02. The molecule has 0 saturated carbocycles. The molecule has 0 bridgehead atoms. The Balaban J connectivity index is 2.29. The van der Waals surface area contributed by atoms with Crippen molar-refractivity contribution in [2.45, 2.75) is 25.6 Å². The summed E-state index contributed by atoms with van der Waals surface area (Å²) in [5, 5.41) is 1.19. The van der Waals surface area contributed by atoms with E-state index in [-0.39, 0.29) is 5.91 Å². The second kappa shape index (κ2) is 4.32. The Morgan fingerprint density at radius 2 is 2.07 bits per heavy atom. The van der Waals surface area contributed by atoms with Gasteiger partial charge in [0.1, 0.15) is 12.5 Å². The van der Waals surface area contributed by atoms with Gasteiger partial charge in [-0.15, -0.1) is 0 Å². The van der Waals surface area contributed by atoms with Crippen LogP contribution in [0.4, 0.5) is 0 Å². The molecule has 1 heterocycles. The van der Waals surface area contributed by atoms with Crippen molar-refractivity contribution in [3.05, 3.63) is 12.5 Å². The second-order valence-electron chi connectivity index (χ2n) is 3.22. The minimum Gasteiger partial charge on any atom is -0.457 e. The van der Waals surface area contributed by atoms with Gasteiger partial charge in [-0.25, -0.2) is 5.06 Å². The lowest BCUT2D eigenvalue weighted by Gasteiger charge is -2.23. The van der Waals surface area contributed by atoms with Crippen molar-refractivity contribution < 1.29 is 19.1 Å². The van der Waals surface area contributed by atoms with E-state index in [0.717, 1.165) is 0 Å². The molecule has 0 aromatic heterocycles. The molecular weight excluding hydrogens is 186 g/mol. The Labute approximate surface area is 83.2 Å². The molecule has 5 heteroatoms. The van der Waals surface area contributed by atoms with Crippen molar-refractivity contribution in [1.82, 2.24) is 5.06 Å². The molecule has 0 saturated heterocycles. The van der Waals surface area contributed by atoms with Crippen molar-refractivity contribution in [3.63, 3.8) is 0 Å². The van der Waals surface area contributed by atoms with Crippen LogP contribution >= 0.6 is 0 Å². The Kier molecular flexibility index (Phi) is 3.35. The van der Waals surface area contributed by atoms with Gasteiger partial charge in [0.2, 0.25) is 11.7 Å². The zero-order valence-electron chi connectivity index (χ0n) is 8.65. The summed E-state index contributed by atoms with van der Waals surface area (Å²) < 4.78 is 10.4. The normalized spacial score (nSPS) is 17.4. The van der Waals surface area contributed by atoms with Crippen LogP contribution in [0.15, 0.2) is 12.5 Å². The van der Waals surface area contributed by atoms with Gasteiger partial charge in [-0.3, -0.25) is 9.63 Å². The minimum absolute atomic E-state index is 0.104. The minimum atomic E-state index is -0.704. The number of hydrogen-bond donors (Lipinski definition) is 0. The third-order valence-corrected chi connectivity index (χ3v) is 2.11. The van der Waals surface area contributed by atoms with Crippen LogP contribution in [0.25, 0.3) is 0 Å². The van der Waals surface area contributed by atoms with Gasteiger partial charge in [0, 0.05) is 26.8 Å². The number of carbonyl (C=O) groups excluding carboxylic acids is 1. The second-order valence-corrected chi connectivity index (χ2v) is 3.22.